The number of nitrogens with two attached hydrogens (primary N) is 1. The Kier molecular flexibility index (Phi) is 5.97. The van der Waals surface area contributed by atoms with Crippen molar-refractivity contribution in [2.75, 3.05) is 6.61 Å². The molecule has 0 unspecified atom stereocenters. The summed E-state index contributed by atoms with van der Waals surface area (Å²) in [5.41, 5.74) is 6.75. The third-order valence-corrected chi connectivity index (χ3v) is 5.86. The largest absolute Gasteiger partial charge is 0.483 e. The molecule has 2 N–H and O–H groups in total. The number of benzene rings is 3. The first-order valence-electron chi connectivity index (χ1n) is 9.35. The first-order chi connectivity index (χ1) is 14.9. The van der Waals surface area contributed by atoms with Gasteiger partial charge in [-0.3, -0.25) is 19.3 Å². The van der Waals surface area contributed by atoms with Crippen LogP contribution in [0, 0.1) is 0 Å². The molecule has 31 heavy (non-hydrogen) atoms. The van der Waals surface area contributed by atoms with Gasteiger partial charge in [0.05, 0.1) is 11.4 Å². The molecule has 3 aromatic rings. The number of primary amides is 1. The average Bonchev–Trinajstić information content (AvgIpc) is 3.02. The lowest BCUT2D eigenvalue weighted by Gasteiger charge is -2.12. The van der Waals surface area contributed by atoms with Crippen LogP contribution >= 0.6 is 23.4 Å². The topological polar surface area (TPSA) is 89.7 Å². The Morgan fingerprint density at radius 3 is 2.45 bits per heavy atom. The number of nitrogens with zero attached hydrogens (tertiary/aromatic N) is 1. The fourth-order valence-corrected chi connectivity index (χ4v) is 4.20. The van der Waals surface area contributed by atoms with E-state index < -0.39 is 5.91 Å². The Balaban J connectivity index is 1.63. The van der Waals surface area contributed by atoms with E-state index in [1.807, 2.05) is 24.3 Å². The third kappa shape index (κ3) is 4.57. The van der Waals surface area contributed by atoms with Crippen molar-refractivity contribution in [1.29, 1.82) is 0 Å². The number of hydrogen-bond donors (Lipinski definition) is 1. The zero-order chi connectivity index (χ0) is 22.0. The highest BCUT2D eigenvalue weighted by Crippen LogP contribution is 2.36. The molecule has 0 spiro atoms. The van der Waals surface area contributed by atoms with E-state index >= 15 is 0 Å². The summed E-state index contributed by atoms with van der Waals surface area (Å²) in [6, 6.07) is 18.0. The number of thioether (sulfide) groups is 1. The lowest BCUT2D eigenvalue weighted by Crippen LogP contribution is -2.27. The van der Waals surface area contributed by atoms with E-state index in [2.05, 4.69) is 0 Å². The summed E-state index contributed by atoms with van der Waals surface area (Å²) in [6.07, 6.45) is 1.70. The minimum absolute atomic E-state index is 0.180. The molecule has 0 saturated carbocycles. The van der Waals surface area contributed by atoms with Crippen molar-refractivity contribution < 1.29 is 19.1 Å². The molecule has 0 aliphatic carbocycles. The maximum atomic E-state index is 12.9. The van der Waals surface area contributed by atoms with Crippen LogP contribution in [0.2, 0.25) is 5.02 Å². The Morgan fingerprint density at radius 1 is 1.03 bits per heavy atom. The van der Waals surface area contributed by atoms with Gasteiger partial charge < -0.3 is 10.5 Å². The second-order valence-corrected chi connectivity index (χ2v) is 8.28. The summed E-state index contributed by atoms with van der Waals surface area (Å²) < 4.78 is 5.50. The molecule has 1 aliphatic rings. The number of ether oxygens (including phenoxy) is 1. The number of carbonyl (C=O) groups excluding carboxylic acids is 3. The van der Waals surface area contributed by atoms with E-state index in [1.165, 1.54) is 4.90 Å². The lowest BCUT2D eigenvalue weighted by atomic mass is 10.0. The predicted molar refractivity (Wildman–Crippen MR) is 122 cm³/mol. The van der Waals surface area contributed by atoms with Crippen LogP contribution in [0.5, 0.6) is 5.75 Å². The van der Waals surface area contributed by atoms with Crippen LogP contribution in [0.4, 0.5) is 4.79 Å². The van der Waals surface area contributed by atoms with E-state index in [9.17, 15) is 14.4 Å². The van der Waals surface area contributed by atoms with Crippen molar-refractivity contribution in [3.63, 3.8) is 0 Å². The Bertz CT molecular complexity index is 1220. The third-order valence-electron chi connectivity index (χ3n) is 4.70. The van der Waals surface area contributed by atoms with Crippen LogP contribution in [0.3, 0.4) is 0 Å². The molecule has 1 aliphatic heterocycles. The summed E-state index contributed by atoms with van der Waals surface area (Å²) in [5, 5.41) is 1.87. The van der Waals surface area contributed by atoms with Crippen molar-refractivity contribution in [1.82, 2.24) is 4.90 Å². The number of halogens is 1. The second-order valence-electron chi connectivity index (χ2n) is 6.85. The Morgan fingerprint density at radius 2 is 1.74 bits per heavy atom. The van der Waals surface area contributed by atoms with Gasteiger partial charge in [-0.05, 0) is 52.6 Å². The zero-order valence-corrected chi connectivity index (χ0v) is 17.8. The zero-order valence-electron chi connectivity index (χ0n) is 16.2. The molecule has 1 saturated heterocycles. The molecule has 4 rings (SSSR count). The summed E-state index contributed by atoms with van der Waals surface area (Å²) in [6.45, 7) is -0.0489. The van der Waals surface area contributed by atoms with Gasteiger partial charge in [-0.25, -0.2) is 0 Å². The molecule has 1 fully saturated rings. The number of rotatable bonds is 6. The molecular formula is C23H17ClN2O4S. The number of hydrogen-bond acceptors (Lipinski definition) is 5. The predicted octanol–water partition coefficient (Wildman–Crippen LogP) is 4.59. The molecule has 0 radical (unpaired) electrons. The maximum Gasteiger partial charge on any atom is 0.293 e. The summed E-state index contributed by atoms with van der Waals surface area (Å²) >= 11 is 6.81. The van der Waals surface area contributed by atoms with E-state index in [0.717, 1.165) is 33.7 Å². The number of amides is 3. The van der Waals surface area contributed by atoms with Crippen LogP contribution in [-0.4, -0.2) is 28.6 Å². The molecule has 3 aromatic carbocycles. The normalized spacial score (nSPS) is 15.1. The highest BCUT2D eigenvalue weighted by atomic mass is 35.5. The maximum absolute atomic E-state index is 12.9. The Hall–Kier alpha value is -3.29. The van der Waals surface area contributed by atoms with E-state index in [1.54, 1.807) is 42.5 Å². The first-order valence-corrected chi connectivity index (χ1v) is 10.5. The molecular weight excluding hydrogens is 436 g/mol. The second kappa shape index (κ2) is 8.83. The van der Waals surface area contributed by atoms with Gasteiger partial charge in [-0.1, -0.05) is 54.1 Å². The van der Waals surface area contributed by atoms with Gasteiger partial charge in [0.2, 0.25) is 0 Å². The number of imide groups is 1. The summed E-state index contributed by atoms with van der Waals surface area (Å²) in [7, 11) is 0. The van der Waals surface area contributed by atoms with Crippen LogP contribution in [0.1, 0.15) is 11.1 Å². The first kappa shape index (κ1) is 21.0. The fourth-order valence-electron chi connectivity index (χ4n) is 3.25. The van der Waals surface area contributed by atoms with Crippen molar-refractivity contribution >= 4 is 57.3 Å². The number of carbonyl (C=O) groups is 3. The van der Waals surface area contributed by atoms with Crippen molar-refractivity contribution in [2.24, 2.45) is 5.73 Å². The van der Waals surface area contributed by atoms with E-state index in [-0.39, 0.29) is 24.3 Å². The van der Waals surface area contributed by atoms with Crippen LogP contribution in [0.15, 0.2) is 65.6 Å². The van der Waals surface area contributed by atoms with E-state index in [4.69, 9.17) is 22.1 Å². The van der Waals surface area contributed by atoms with Gasteiger partial charge in [0.15, 0.2) is 6.61 Å². The minimum Gasteiger partial charge on any atom is -0.483 e. The fraction of sp³-hybridized carbons (Fsp3) is 0.0870. The molecule has 0 atom stereocenters. The van der Waals surface area contributed by atoms with Gasteiger partial charge in [-0.15, -0.1) is 0 Å². The van der Waals surface area contributed by atoms with Gasteiger partial charge in [0.1, 0.15) is 5.75 Å². The quantitative estimate of drug-likeness (QED) is 0.552. The van der Waals surface area contributed by atoms with Gasteiger partial charge in [0, 0.05) is 10.4 Å². The molecule has 8 heteroatoms. The number of fused-ring (bicyclic) bond motifs is 1. The van der Waals surface area contributed by atoms with Gasteiger partial charge in [0.25, 0.3) is 17.1 Å². The van der Waals surface area contributed by atoms with Crippen LogP contribution < -0.4 is 10.5 Å². The summed E-state index contributed by atoms with van der Waals surface area (Å²) in [4.78, 5) is 38.0. The highest BCUT2D eigenvalue weighted by molar-refractivity contribution is 8.18. The molecule has 3 amide bonds. The standard InChI is InChI=1S/C23H17ClN2O4S/c24-16-8-5-14(6-9-16)12-26-22(28)20(31-23(26)29)11-15-7-10-19(30-13-21(25)27)18-4-2-1-3-17(15)18/h1-11H,12-13H2,(H2,25,27)/b20-11-. The van der Waals surface area contributed by atoms with Crippen LogP contribution in [-0.2, 0) is 16.1 Å². The highest BCUT2D eigenvalue weighted by Gasteiger charge is 2.35. The molecule has 0 bridgehead atoms. The SMILES string of the molecule is NC(=O)COc1ccc(/C=C2\SC(=O)N(Cc3ccc(Cl)cc3)C2=O)c2ccccc12. The average molecular weight is 453 g/mol. The molecule has 6 nitrogen and oxygen atoms in total. The molecule has 156 valence electrons. The van der Waals surface area contributed by atoms with Crippen molar-refractivity contribution in [2.45, 2.75) is 6.54 Å². The van der Waals surface area contributed by atoms with Crippen molar-refractivity contribution in [3.8, 4) is 5.75 Å². The van der Waals surface area contributed by atoms with Gasteiger partial charge >= 0.3 is 0 Å². The smallest absolute Gasteiger partial charge is 0.293 e. The lowest BCUT2D eigenvalue weighted by molar-refractivity contribution is -0.123. The Labute approximate surface area is 187 Å². The summed E-state index contributed by atoms with van der Waals surface area (Å²) in [5.74, 6) is -0.395. The minimum atomic E-state index is -0.567. The van der Waals surface area contributed by atoms with Crippen molar-refractivity contribution in [3.05, 3.63) is 81.7 Å². The molecule has 0 aromatic heterocycles. The monoisotopic (exact) mass is 452 g/mol. The van der Waals surface area contributed by atoms with E-state index in [0.29, 0.717) is 15.7 Å². The van der Waals surface area contributed by atoms with Crippen LogP contribution in [0.25, 0.3) is 16.8 Å². The molecule has 1 heterocycles. The van der Waals surface area contributed by atoms with Gasteiger partial charge in [-0.2, -0.15) is 0 Å².